The average molecular weight is 276 g/mol. The maximum Gasteiger partial charge on any atom is 0.335 e. The molecule has 1 amide bonds. The number of fused-ring (bicyclic) bond motifs is 1. The first kappa shape index (κ1) is 13.4. The molecule has 0 spiro atoms. The van der Waals surface area contributed by atoms with Gasteiger partial charge < -0.3 is 10.0 Å². The van der Waals surface area contributed by atoms with Crippen molar-refractivity contribution in [3.63, 3.8) is 0 Å². The summed E-state index contributed by atoms with van der Waals surface area (Å²) >= 11 is 1.28. The Morgan fingerprint density at radius 3 is 2.95 bits per heavy atom. The van der Waals surface area contributed by atoms with Gasteiger partial charge in [0.15, 0.2) is 0 Å². The Morgan fingerprint density at radius 2 is 2.26 bits per heavy atom. The molecular weight excluding hydrogens is 264 g/mol. The summed E-state index contributed by atoms with van der Waals surface area (Å²) in [5.41, 5.74) is 1.91. The first-order chi connectivity index (χ1) is 9.13. The molecule has 1 aliphatic rings. The summed E-state index contributed by atoms with van der Waals surface area (Å²) in [5, 5.41) is 17.4. The molecule has 2 rings (SSSR count). The molecule has 1 N–H and O–H groups in total. The minimum atomic E-state index is -0.961. The number of carbonyl (C=O) groups excluding carboxylic acids is 1. The molecule has 1 aromatic rings. The fraction of sp³-hybridized carbons (Fsp3) is 0.308. The van der Waals surface area contributed by atoms with Gasteiger partial charge in [0.05, 0.1) is 23.1 Å². The highest BCUT2D eigenvalue weighted by molar-refractivity contribution is 8.00. The van der Waals surface area contributed by atoms with Crippen LogP contribution in [0.2, 0.25) is 0 Å². The topological polar surface area (TPSA) is 81.4 Å². The first-order valence-electron chi connectivity index (χ1n) is 5.74. The number of carboxylic acids is 1. The van der Waals surface area contributed by atoms with Crippen LogP contribution in [0, 0.1) is 11.3 Å². The number of nitriles is 1. The van der Waals surface area contributed by atoms with Gasteiger partial charge in [-0.2, -0.15) is 5.26 Å². The number of hydrogen-bond donors (Lipinski definition) is 1. The molecule has 6 heteroatoms. The van der Waals surface area contributed by atoms with Crippen LogP contribution in [0.3, 0.4) is 0 Å². The zero-order valence-electron chi connectivity index (χ0n) is 10.1. The molecule has 0 saturated heterocycles. The molecule has 1 aromatic carbocycles. The van der Waals surface area contributed by atoms with Gasteiger partial charge >= 0.3 is 5.97 Å². The van der Waals surface area contributed by atoms with Gasteiger partial charge in [-0.1, -0.05) is 0 Å². The van der Waals surface area contributed by atoms with Crippen molar-refractivity contribution in [3.8, 4) is 6.07 Å². The number of rotatable bonds is 4. The van der Waals surface area contributed by atoms with Crippen molar-refractivity contribution in [2.45, 2.75) is 6.42 Å². The van der Waals surface area contributed by atoms with Crippen molar-refractivity contribution in [1.29, 1.82) is 5.26 Å². The van der Waals surface area contributed by atoms with Gasteiger partial charge in [-0.25, -0.2) is 4.79 Å². The molecule has 0 saturated carbocycles. The Balaban J connectivity index is 2.12. The molecule has 0 unspecified atom stereocenters. The fourth-order valence-corrected chi connectivity index (χ4v) is 2.58. The molecule has 1 aliphatic heterocycles. The maximum atomic E-state index is 12.0. The fourth-order valence-electron chi connectivity index (χ4n) is 2.06. The van der Waals surface area contributed by atoms with Gasteiger partial charge in [-0.15, -0.1) is 11.8 Å². The van der Waals surface area contributed by atoms with Crippen LogP contribution in [0.25, 0.3) is 0 Å². The Kier molecular flexibility index (Phi) is 4.07. The van der Waals surface area contributed by atoms with Crippen LogP contribution < -0.4 is 4.90 Å². The number of thioether (sulfide) groups is 1. The number of hydrogen-bond acceptors (Lipinski definition) is 4. The zero-order valence-corrected chi connectivity index (χ0v) is 10.9. The zero-order chi connectivity index (χ0) is 13.8. The molecule has 0 atom stereocenters. The maximum absolute atomic E-state index is 12.0. The van der Waals surface area contributed by atoms with Gasteiger partial charge in [0.25, 0.3) is 0 Å². The molecule has 98 valence electrons. The second-order valence-electron chi connectivity index (χ2n) is 4.09. The van der Waals surface area contributed by atoms with E-state index in [2.05, 4.69) is 0 Å². The lowest BCUT2D eigenvalue weighted by molar-refractivity contribution is -0.116. The quantitative estimate of drug-likeness (QED) is 0.843. The van der Waals surface area contributed by atoms with Crippen LogP contribution in [0.4, 0.5) is 5.69 Å². The highest BCUT2D eigenvalue weighted by Crippen LogP contribution is 2.29. The summed E-state index contributed by atoms with van der Waals surface area (Å²) < 4.78 is 0. The molecule has 0 aliphatic carbocycles. The van der Waals surface area contributed by atoms with Gasteiger partial charge in [-0.05, 0) is 30.2 Å². The molecule has 0 fully saturated rings. The number of amides is 1. The van der Waals surface area contributed by atoms with E-state index >= 15 is 0 Å². The van der Waals surface area contributed by atoms with Crippen molar-refractivity contribution in [2.24, 2.45) is 0 Å². The summed E-state index contributed by atoms with van der Waals surface area (Å²) in [6, 6.07) is 6.79. The van der Waals surface area contributed by atoms with Gasteiger partial charge in [-0.3, -0.25) is 4.79 Å². The molecular formula is C13H12N2O3S. The summed E-state index contributed by atoms with van der Waals surface area (Å²) in [6.45, 7) is 0.574. The third kappa shape index (κ3) is 2.88. The second kappa shape index (κ2) is 5.76. The molecule has 0 bridgehead atoms. The van der Waals surface area contributed by atoms with E-state index in [1.807, 2.05) is 6.07 Å². The van der Waals surface area contributed by atoms with Crippen molar-refractivity contribution < 1.29 is 14.7 Å². The molecule has 19 heavy (non-hydrogen) atoms. The smallest absolute Gasteiger partial charge is 0.335 e. The Hall–Kier alpha value is -2.00. The molecule has 1 heterocycles. The van der Waals surface area contributed by atoms with Crippen LogP contribution in [-0.2, 0) is 11.2 Å². The monoisotopic (exact) mass is 276 g/mol. The van der Waals surface area contributed by atoms with Crippen molar-refractivity contribution in [3.05, 3.63) is 29.3 Å². The lowest BCUT2D eigenvalue weighted by atomic mass is 10.1. The van der Waals surface area contributed by atoms with Crippen LogP contribution in [0.15, 0.2) is 18.2 Å². The standard InChI is InChI=1S/C13H12N2O3S/c14-4-6-19-8-12(16)15-5-3-9-7-10(13(17)18)1-2-11(9)15/h1-2,7H,3,5-6,8H2,(H,17,18). The third-order valence-electron chi connectivity index (χ3n) is 2.92. The van der Waals surface area contributed by atoms with E-state index in [4.69, 9.17) is 10.4 Å². The van der Waals surface area contributed by atoms with E-state index in [9.17, 15) is 9.59 Å². The predicted octanol–water partition coefficient (Wildman–Crippen LogP) is 1.53. The molecule has 5 nitrogen and oxygen atoms in total. The predicted molar refractivity (Wildman–Crippen MR) is 72.4 cm³/mol. The number of carboxylic acid groups (broad SMARTS) is 1. The van der Waals surface area contributed by atoms with E-state index in [-0.39, 0.29) is 17.2 Å². The third-order valence-corrected chi connectivity index (χ3v) is 3.70. The number of carbonyl (C=O) groups is 2. The van der Waals surface area contributed by atoms with E-state index in [1.165, 1.54) is 17.8 Å². The summed E-state index contributed by atoms with van der Waals surface area (Å²) in [5.74, 6) is -0.433. The minimum absolute atomic E-state index is 0.0397. The SMILES string of the molecule is N#CCSCC(=O)N1CCc2cc(C(=O)O)ccc21. The van der Waals surface area contributed by atoms with Gasteiger partial charge in [0.1, 0.15) is 0 Å². The van der Waals surface area contributed by atoms with Gasteiger partial charge in [0.2, 0.25) is 5.91 Å². The second-order valence-corrected chi connectivity index (χ2v) is 5.08. The van der Waals surface area contributed by atoms with E-state index in [0.29, 0.717) is 18.7 Å². The lowest BCUT2D eigenvalue weighted by Crippen LogP contribution is -2.30. The number of anilines is 1. The summed E-state index contributed by atoms with van der Waals surface area (Å²) in [6.07, 6.45) is 0.672. The van der Waals surface area contributed by atoms with Crippen LogP contribution in [0.5, 0.6) is 0 Å². The largest absolute Gasteiger partial charge is 0.478 e. The Morgan fingerprint density at radius 1 is 1.47 bits per heavy atom. The Labute approximate surface area is 114 Å². The minimum Gasteiger partial charge on any atom is -0.478 e. The van der Waals surface area contributed by atoms with Gasteiger partial charge in [0, 0.05) is 12.2 Å². The van der Waals surface area contributed by atoms with Crippen LogP contribution in [-0.4, -0.2) is 35.0 Å². The number of benzene rings is 1. The van der Waals surface area contributed by atoms with Crippen molar-refractivity contribution >= 4 is 29.3 Å². The van der Waals surface area contributed by atoms with E-state index in [1.54, 1.807) is 17.0 Å². The molecule has 0 aromatic heterocycles. The average Bonchev–Trinajstić information content (AvgIpc) is 2.81. The summed E-state index contributed by atoms with van der Waals surface area (Å²) in [4.78, 5) is 24.5. The summed E-state index contributed by atoms with van der Waals surface area (Å²) in [7, 11) is 0. The lowest BCUT2D eigenvalue weighted by Gasteiger charge is -2.16. The highest BCUT2D eigenvalue weighted by Gasteiger charge is 2.25. The van der Waals surface area contributed by atoms with Crippen LogP contribution in [0.1, 0.15) is 15.9 Å². The molecule has 0 radical (unpaired) electrons. The van der Waals surface area contributed by atoms with E-state index in [0.717, 1.165) is 11.3 Å². The normalized spacial score (nSPS) is 12.9. The van der Waals surface area contributed by atoms with Crippen molar-refractivity contribution in [2.75, 3.05) is 23.0 Å². The number of aromatic carboxylic acids is 1. The highest BCUT2D eigenvalue weighted by atomic mass is 32.2. The van der Waals surface area contributed by atoms with Crippen molar-refractivity contribution in [1.82, 2.24) is 0 Å². The van der Waals surface area contributed by atoms with E-state index < -0.39 is 5.97 Å². The first-order valence-corrected chi connectivity index (χ1v) is 6.90. The van der Waals surface area contributed by atoms with Crippen LogP contribution >= 0.6 is 11.8 Å². The Bertz CT molecular complexity index is 565. The number of nitrogens with zero attached hydrogens (tertiary/aromatic N) is 2.